The van der Waals surface area contributed by atoms with E-state index in [0.29, 0.717) is 0 Å². The lowest BCUT2D eigenvalue weighted by atomic mass is 10.2. The normalized spacial score (nSPS) is 12.5. The second kappa shape index (κ2) is 8.48. The Labute approximate surface area is 116 Å². The second-order valence-corrected chi connectivity index (χ2v) is 5.64. The SMILES string of the molecule is COC(=O)CC[C@H](NS(=O)(=O)CCC(=O)OC)C(=O)O. The molecule has 9 nitrogen and oxygen atoms in total. The zero-order chi connectivity index (χ0) is 15.8. The monoisotopic (exact) mass is 311 g/mol. The van der Waals surface area contributed by atoms with Gasteiger partial charge in [-0.3, -0.25) is 14.4 Å². The topological polar surface area (TPSA) is 136 Å². The van der Waals surface area contributed by atoms with Gasteiger partial charge in [-0.05, 0) is 6.42 Å². The van der Waals surface area contributed by atoms with Crippen molar-refractivity contribution in [2.75, 3.05) is 20.0 Å². The third-order valence-corrected chi connectivity index (χ3v) is 3.67. The summed E-state index contributed by atoms with van der Waals surface area (Å²) in [7, 11) is -1.72. The van der Waals surface area contributed by atoms with Crippen molar-refractivity contribution in [3.05, 3.63) is 0 Å². The summed E-state index contributed by atoms with van der Waals surface area (Å²) >= 11 is 0. The molecule has 0 saturated heterocycles. The summed E-state index contributed by atoms with van der Waals surface area (Å²) in [6, 6.07) is -1.46. The van der Waals surface area contributed by atoms with E-state index in [-0.39, 0.29) is 12.8 Å². The van der Waals surface area contributed by atoms with Crippen molar-refractivity contribution in [2.24, 2.45) is 0 Å². The quantitative estimate of drug-likeness (QED) is 0.511. The molecule has 0 rings (SSSR count). The van der Waals surface area contributed by atoms with Crippen molar-refractivity contribution < 1.29 is 37.4 Å². The first-order valence-electron chi connectivity index (χ1n) is 5.58. The van der Waals surface area contributed by atoms with E-state index in [1.54, 1.807) is 0 Å². The molecule has 1 atom stereocenters. The number of nitrogens with one attached hydrogen (secondary N) is 1. The Morgan fingerprint density at radius 2 is 1.60 bits per heavy atom. The fourth-order valence-electron chi connectivity index (χ4n) is 1.19. The van der Waals surface area contributed by atoms with Crippen LogP contribution in [0.3, 0.4) is 0 Å². The Morgan fingerprint density at radius 1 is 1.10 bits per heavy atom. The van der Waals surface area contributed by atoms with Gasteiger partial charge < -0.3 is 14.6 Å². The summed E-state index contributed by atoms with van der Waals surface area (Å²) in [5.74, 6) is -3.39. The predicted octanol–water partition coefficient (Wildman–Crippen LogP) is -1.12. The van der Waals surface area contributed by atoms with Gasteiger partial charge in [-0.15, -0.1) is 0 Å². The van der Waals surface area contributed by atoms with Crippen LogP contribution in [0.2, 0.25) is 0 Å². The molecule has 0 aromatic carbocycles. The Bertz CT molecular complexity index is 458. The summed E-state index contributed by atoms with van der Waals surface area (Å²) in [5.41, 5.74) is 0. The largest absolute Gasteiger partial charge is 0.480 e. The molecule has 0 aromatic heterocycles. The summed E-state index contributed by atoms with van der Waals surface area (Å²) in [5, 5.41) is 8.88. The van der Waals surface area contributed by atoms with Crippen molar-refractivity contribution in [3.63, 3.8) is 0 Å². The van der Waals surface area contributed by atoms with Crippen LogP contribution < -0.4 is 4.72 Å². The number of carboxylic acids is 1. The van der Waals surface area contributed by atoms with Crippen molar-refractivity contribution in [1.82, 2.24) is 4.72 Å². The Hall–Kier alpha value is -1.68. The number of hydrogen-bond donors (Lipinski definition) is 2. The van der Waals surface area contributed by atoms with Crippen molar-refractivity contribution >= 4 is 27.9 Å². The molecule has 20 heavy (non-hydrogen) atoms. The lowest BCUT2D eigenvalue weighted by molar-refractivity contribution is -0.142. The van der Waals surface area contributed by atoms with Crippen LogP contribution >= 0.6 is 0 Å². The van der Waals surface area contributed by atoms with Crippen LogP contribution in [0.4, 0.5) is 0 Å². The first-order chi connectivity index (χ1) is 9.21. The molecule has 0 aliphatic carbocycles. The zero-order valence-electron chi connectivity index (χ0n) is 11.1. The number of carbonyl (C=O) groups excluding carboxylic acids is 2. The fraction of sp³-hybridized carbons (Fsp3) is 0.700. The van der Waals surface area contributed by atoms with E-state index in [1.807, 2.05) is 4.72 Å². The molecule has 0 aromatic rings. The molecule has 0 saturated carbocycles. The summed E-state index contributed by atoms with van der Waals surface area (Å²) in [6.45, 7) is 0. The lowest BCUT2D eigenvalue weighted by Gasteiger charge is -2.13. The summed E-state index contributed by atoms with van der Waals surface area (Å²) < 4.78 is 33.7. The van der Waals surface area contributed by atoms with Crippen LogP contribution in [0.25, 0.3) is 0 Å². The Balaban J connectivity index is 4.53. The first-order valence-corrected chi connectivity index (χ1v) is 7.23. The number of esters is 2. The molecule has 0 amide bonds. The summed E-state index contributed by atoms with van der Waals surface area (Å²) in [6.07, 6.45) is -0.887. The van der Waals surface area contributed by atoms with Gasteiger partial charge in [-0.25, -0.2) is 13.1 Å². The average molecular weight is 311 g/mol. The highest BCUT2D eigenvalue weighted by Gasteiger charge is 2.25. The molecule has 2 N–H and O–H groups in total. The van der Waals surface area contributed by atoms with Crippen molar-refractivity contribution in [1.29, 1.82) is 0 Å². The van der Waals surface area contributed by atoms with Gasteiger partial charge >= 0.3 is 17.9 Å². The maximum atomic E-state index is 11.6. The van der Waals surface area contributed by atoms with Gasteiger partial charge in [0.2, 0.25) is 10.0 Å². The smallest absolute Gasteiger partial charge is 0.321 e. The van der Waals surface area contributed by atoms with E-state index in [2.05, 4.69) is 9.47 Å². The van der Waals surface area contributed by atoms with E-state index in [9.17, 15) is 22.8 Å². The minimum Gasteiger partial charge on any atom is -0.480 e. The molecular weight excluding hydrogens is 294 g/mol. The Morgan fingerprint density at radius 3 is 2.05 bits per heavy atom. The molecule has 0 aliphatic rings. The van der Waals surface area contributed by atoms with Gasteiger partial charge in [0.25, 0.3) is 0 Å². The van der Waals surface area contributed by atoms with Crippen LogP contribution in [0.1, 0.15) is 19.3 Å². The third-order valence-electron chi connectivity index (χ3n) is 2.29. The van der Waals surface area contributed by atoms with E-state index in [1.165, 1.54) is 0 Å². The highest BCUT2D eigenvalue weighted by Crippen LogP contribution is 2.03. The van der Waals surface area contributed by atoms with Crippen LogP contribution in [0, 0.1) is 0 Å². The van der Waals surface area contributed by atoms with Crippen molar-refractivity contribution in [2.45, 2.75) is 25.3 Å². The first kappa shape index (κ1) is 18.3. The number of hydrogen-bond acceptors (Lipinski definition) is 7. The number of ether oxygens (including phenoxy) is 2. The van der Waals surface area contributed by atoms with Gasteiger partial charge in [0, 0.05) is 6.42 Å². The predicted molar refractivity (Wildman–Crippen MR) is 66.2 cm³/mol. The van der Waals surface area contributed by atoms with Gasteiger partial charge in [-0.2, -0.15) is 0 Å². The summed E-state index contributed by atoms with van der Waals surface area (Å²) in [4.78, 5) is 32.6. The van der Waals surface area contributed by atoms with Crippen molar-refractivity contribution in [3.8, 4) is 0 Å². The fourth-order valence-corrected chi connectivity index (χ4v) is 2.40. The highest BCUT2D eigenvalue weighted by molar-refractivity contribution is 7.89. The molecule has 10 heteroatoms. The third kappa shape index (κ3) is 7.69. The minimum absolute atomic E-state index is 0.243. The maximum Gasteiger partial charge on any atom is 0.321 e. The number of aliphatic carboxylic acids is 1. The standard InChI is InChI=1S/C10H17NO8S/c1-18-8(12)4-3-7(10(14)15)11-20(16,17)6-5-9(13)19-2/h7,11H,3-6H2,1-2H3,(H,14,15)/t7-/m0/s1. The number of sulfonamides is 1. The second-order valence-electron chi connectivity index (χ2n) is 3.77. The number of carboxylic acid groups (broad SMARTS) is 1. The molecule has 116 valence electrons. The van der Waals surface area contributed by atoms with Crippen LogP contribution in [0.15, 0.2) is 0 Å². The van der Waals surface area contributed by atoms with Gasteiger partial charge in [-0.1, -0.05) is 0 Å². The molecule has 0 spiro atoms. The van der Waals surface area contributed by atoms with E-state index in [4.69, 9.17) is 5.11 Å². The zero-order valence-corrected chi connectivity index (χ0v) is 11.9. The molecule has 0 bridgehead atoms. The van der Waals surface area contributed by atoms with Crippen LogP contribution in [-0.4, -0.2) is 57.4 Å². The van der Waals surface area contributed by atoms with Crippen LogP contribution in [-0.2, 0) is 33.9 Å². The number of methoxy groups -OCH3 is 2. The van der Waals surface area contributed by atoms with Gasteiger partial charge in [0.1, 0.15) is 6.04 Å². The van der Waals surface area contributed by atoms with E-state index >= 15 is 0 Å². The molecule has 0 radical (unpaired) electrons. The molecule has 0 heterocycles. The number of rotatable bonds is 9. The Kier molecular flexibility index (Phi) is 7.77. The average Bonchev–Trinajstić information content (AvgIpc) is 2.39. The molecule has 0 aliphatic heterocycles. The van der Waals surface area contributed by atoms with Gasteiger partial charge in [0.15, 0.2) is 0 Å². The maximum absolute atomic E-state index is 11.6. The molecule has 0 fully saturated rings. The minimum atomic E-state index is -3.97. The molecule has 0 unspecified atom stereocenters. The van der Waals surface area contributed by atoms with E-state index < -0.39 is 46.1 Å². The lowest BCUT2D eigenvalue weighted by Crippen LogP contribution is -2.42. The number of carbonyl (C=O) groups is 3. The highest BCUT2D eigenvalue weighted by atomic mass is 32.2. The van der Waals surface area contributed by atoms with Gasteiger partial charge in [0.05, 0.1) is 26.4 Å². The van der Waals surface area contributed by atoms with E-state index in [0.717, 1.165) is 14.2 Å². The molecular formula is C10H17NO8S. The van der Waals surface area contributed by atoms with Crippen LogP contribution in [0.5, 0.6) is 0 Å².